The largest absolute Gasteiger partial charge is 0.356 e. The molecule has 1 unspecified atom stereocenters. The molecule has 19 heavy (non-hydrogen) atoms. The summed E-state index contributed by atoms with van der Waals surface area (Å²) >= 11 is 0. The van der Waals surface area contributed by atoms with Crippen LogP contribution in [-0.4, -0.2) is 28.6 Å². The Morgan fingerprint density at radius 3 is 2.11 bits per heavy atom. The Bertz CT molecular complexity index is 248. The summed E-state index contributed by atoms with van der Waals surface area (Å²) < 4.78 is 0. The van der Waals surface area contributed by atoms with E-state index in [2.05, 4.69) is 49.9 Å². The molecule has 2 nitrogen and oxygen atoms in total. The molecule has 0 aromatic heterocycles. The van der Waals surface area contributed by atoms with Gasteiger partial charge in [0.05, 0.1) is 0 Å². The fourth-order valence-corrected chi connectivity index (χ4v) is 2.96. The summed E-state index contributed by atoms with van der Waals surface area (Å²) in [5.74, 6) is 0. The van der Waals surface area contributed by atoms with Crippen molar-refractivity contribution < 1.29 is 0 Å². The van der Waals surface area contributed by atoms with Crippen molar-refractivity contribution in [3.05, 3.63) is 12.4 Å². The van der Waals surface area contributed by atoms with Crippen molar-refractivity contribution in [2.24, 2.45) is 0 Å². The highest BCUT2D eigenvalue weighted by molar-refractivity contribution is 4.97. The van der Waals surface area contributed by atoms with Crippen LogP contribution in [0.15, 0.2) is 12.4 Å². The van der Waals surface area contributed by atoms with Crippen LogP contribution < -0.4 is 0 Å². The van der Waals surface area contributed by atoms with E-state index in [4.69, 9.17) is 0 Å². The fourth-order valence-electron chi connectivity index (χ4n) is 2.96. The maximum Gasteiger partial charge on any atom is 0.101 e. The summed E-state index contributed by atoms with van der Waals surface area (Å²) in [7, 11) is 0. The van der Waals surface area contributed by atoms with Crippen molar-refractivity contribution in [1.29, 1.82) is 0 Å². The smallest absolute Gasteiger partial charge is 0.101 e. The minimum atomic E-state index is 0.612. The fraction of sp³-hybridized carbons (Fsp3) is 0.882. The van der Waals surface area contributed by atoms with Gasteiger partial charge in [0.25, 0.3) is 0 Å². The quantitative estimate of drug-likeness (QED) is 0.515. The first-order valence-electron chi connectivity index (χ1n) is 8.42. The standard InChI is InChI=1S/C17H34N2/c1-5-7-8-9-10-11-12-13-17-18(6-2)14-15-19(17)16(3)4/h14-17H,5-13H2,1-4H3. The van der Waals surface area contributed by atoms with Crippen LogP contribution in [0.2, 0.25) is 0 Å². The third-order valence-corrected chi connectivity index (χ3v) is 4.18. The van der Waals surface area contributed by atoms with Gasteiger partial charge in [-0.05, 0) is 33.6 Å². The summed E-state index contributed by atoms with van der Waals surface area (Å²) in [6.07, 6.45) is 16.3. The van der Waals surface area contributed by atoms with Crippen LogP contribution in [0.5, 0.6) is 0 Å². The average molecular weight is 266 g/mol. The number of hydrogen-bond acceptors (Lipinski definition) is 2. The Labute approximate surface area is 120 Å². The second-order valence-electron chi connectivity index (χ2n) is 6.06. The highest BCUT2D eigenvalue weighted by Crippen LogP contribution is 2.23. The van der Waals surface area contributed by atoms with Crippen LogP contribution in [0, 0.1) is 0 Å². The molecule has 0 spiro atoms. The number of nitrogens with zero attached hydrogens (tertiary/aromatic N) is 2. The third kappa shape index (κ3) is 5.46. The van der Waals surface area contributed by atoms with Crippen molar-refractivity contribution in [3.8, 4) is 0 Å². The van der Waals surface area contributed by atoms with Gasteiger partial charge in [-0.3, -0.25) is 0 Å². The second-order valence-corrected chi connectivity index (χ2v) is 6.06. The van der Waals surface area contributed by atoms with E-state index in [1.807, 2.05) is 0 Å². The summed E-state index contributed by atoms with van der Waals surface area (Å²) in [5, 5.41) is 0. The molecule has 1 atom stereocenters. The monoisotopic (exact) mass is 266 g/mol. The maximum absolute atomic E-state index is 2.51. The Morgan fingerprint density at radius 1 is 0.895 bits per heavy atom. The highest BCUT2D eigenvalue weighted by Gasteiger charge is 2.25. The molecule has 0 aliphatic carbocycles. The van der Waals surface area contributed by atoms with Gasteiger partial charge in [0.15, 0.2) is 0 Å². The highest BCUT2D eigenvalue weighted by atomic mass is 15.4. The molecule has 0 saturated carbocycles. The van der Waals surface area contributed by atoms with E-state index in [1.54, 1.807) is 0 Å². The molecule has 0 bridgehead atoms. The van der Waals surface area contributed by atoms with Crippen LogP contribution in [0.1, 0.15) is 79.1 Å². The van der Waals surface area contributed by atoms with Crippen LogP contribution in [0.25, 0.3) is 0 Å². The van der Waals surface area contributed by atoms with Gasteiger partial charge in [0, 0.05) is 25.0 Å². The molecule has 0 saturated heterocycles. The molecular weight excluding hydrogens is 232 g/mol. The van der Waals surface area contributed by atoms with E-state index in [0.29, 0.717) is 12.2 Å². The molecule has 0 N–H and O–H groups in total. The topological polar surface area (TPSA) is 6.48 Å². The Morgan fingerprint density at radius 2 is 1.53 bits per heavy atom. The van der Waals surface area contributed by atoms with E-state index in [1.165, 1.54) is 51.4 Å². The van der Waals surface area contributed by atoms with Gasteiger partial charge in [-0.15, -0.1) is 0 Å². The zero-order valence-electron chi connectivity index (χ0n) is 13.6. The van der Waals surface area contributed by atoms with E-state index in [9.17, 15) is 0 Å². The first kappa shape index (κ1) is 16.4. The molecular formula is C17H34N2. The van der Waals surface area contributed by atoms with Gasteiger partial charge in [0.1, 0.15) is 6.17 Å². The molecule has 1 heterocycles. The predicted molar refractivity (Wildman–Crippen MR) is 84.9 cm³/mol. The van der Waals surface area contributed by atoms with E-state index in [-0.39, 0.29) is 0 Å². The van der Waals surface area contributed by atoms with Crippen molar-refractivity contribution >= 4 is 0 Å². The van der Waals surface area contributed by atoms with Crippen LogP contribution in [0.4, 0.5) is 0 Å². The minimum absolute atomic E-state index is 0.612. The molecule has 1 aliphatic heterocycles. The lowest BCUT2D eigenvalue weighted by Gasteiger charge is -2.34. The molecule has 1 aliphatic rings. The van der Waals surface area contributed by atoms with Crippen LogP contribution in [0.3, 0.4) is 0 Å². The Hall–Kier alpha value is -0.660. The average Bonchev–Trinajstić information content (AvgIpc) is 2.80. The molecule has 1 rings (SSSR count). The second kappa shape index (κ2) is 9.28. The summed E-state index contributed by atoms with van der Waals surface area (Å²) in [4.78, 5) is 5.00. The summed E-state index contributed by atoms with van der Waals surface area (Å²) in [6.45, 7) is 10.3. The molecule has 0 fully saturated rings. The van der Waals surface area contributed by atoms with Crippen molar-refractivity contribution in [3.63, 3.8) is 0 Å². The molecule has 0 amide bonds. The van der Waals surface area contributed by atoms with Gasteiger partial charge in [-0.1, -0.05) is 45.4 Å². The van der Waals surface area contributed by atoms with Gasteiger partial charge in [-0.2, -0.15) is 0 Å². The number of unbranched alkanes of at least 4 members (excludes halogenated alkanes) is 6. The number of rotatable bonds is 10. The molecule has 0 radical (unpaired) electrons. The van der Waals surface area contributed by atoms with Crippen molar-refractivity contribution in [2.45, 2.75) is 91.3 Å². The normalized spacial score (nSPS) is 18.9. The van der Waals surface area contributed by atoms with E-state index in [0.717, 1.165) is 6.54 Å². The minimum Gasteiger partial charge on any atom is -0.356 e. The third-order valence-electron chi connectivity index (χ3n) is 4.18. The van der Waals surface area contributed by atoms with Crippen LogP contribution >= 0.6 is 0 Å². The first-order chi connectivity index (χ1) is 9.20. The first-order valence-corrected chi connectivity index (χ1v) is 8.42. The molecule has 0 aromatic rings. The van der Waals surface area contributed by atoms with Crippen molar-refractivity contribution in [2.75, 3.05) is 6.54 Å². The molecule has 2 heteroatoms. The lowest BCUT2D eigenvalue weighted by atomic mass is 10.1. The maximum atomic E-state index is 2.51. The van der Waals surface area contributed by atoms with Crippen molar-refractivity contribution in [1.82, 2.24) is 9.80 Å². The van der Waals surface area contributed by atoms with Gasteiger partial charge in [0.2, 0.25) is 0 Å². The Kier molecular flexibility index (Phi) is 8.00. The van der Waals surface area contributed by atoms with Gasteiger partial charge < -0.3 is 9.80 Å². The van der Waals surface area contributed by atoms with E-state index < -0.39 is 0 Å². The Balaban J connectivity index is 2.18. The molecule has 112 valence electrons. The summed E-state index contributed by atoms with van der Waals surface area (Å²) in [5.41, 5.74) is 0. The lowest BCUT2D eigenvalue weighted by Crippen LogP contribution is -2.41. The SMILES string of the molecule is CCCCCCCCCC1N(CC)C=CN1C(C)C. The number of hydrogen-bond donors (Lipinski definition) is 0. The lowest BCUT2D eigenvalue weighted by molar-refractivity contribution is 0.119. The summed E-state index contributed by atoms with van der Waals surface area (Å²) in [6, 6.07) is 0.613. The molecule has 0 aromatic carbocycles. The van der Waals surface area contributed by atoms with Crippen LogP contribution in [-0.2, 0) is 0 Å². The zero-order chi connectivity index (χ0) is 14.1. The van der Waals surface area contributed by atoms with Gasteiger partial charge in [-0.25, -0.2) is 0 Å². The van der Waals surface area contributed by atoms with E-state index >= 15 is 0 Å². The predicted octanol–water partition coefficient (Wildman–Crippen LogP) is 4.97. The zero-order valence-corrected chi connectivity index (χ0v) is 13.6. The van der Waals surface area contributed by atoms with Gasteiger partial charge >= 0.3 is 0 Å².